The molecule has 2 rings (SSSR count). The lowest BCUT2D eigenvalue weighted by atomic mass is 9.85. The summed E-state index contributed by atoms with van der Waals surface area (Å²) in [6.45, 7) is 2.19. The lowest BCUT2D eigenvalue weighted by Gasteiger charge is -2.28. The lowest BCUT2D eigenvalue weighted by Crippen LogP contribution is -2.19. The minimum absolute atomic E-state index is 1.27. The number of nitrogens with zero attached hydrogens (tertiary/aromatic N) is 1. The highest BCUT2D eigenvalue weighted by Crippen LogP contribution is 2.34. The van der Waals surface area contributed by atoms with Crippen molar-refractivity contribution in [2.45, 2.75) is 19.8 Å². The van der Waals surface area contributed by atoms with Gasteiger partial charge >= 0.3 is 0 Å². The molecule has 0 saturated heterocycles. The molecule has 64 valence electrons. The zero-order valence-electron chi connectivity index (χ0n) is 8.02. The number of hydrogen-bond acceptors (Lipinski definition) is 1. The first-order valence-corrected chi connectivity index (χ1v) is 4.49. The molecule has 1 aliphatic carbocycles. The largest absolute Gasteiger partial charge is 0.377 e. The SMILES string of the molecule is Cc1ccc2c(c1N(C)C)CC2. The molecular weight excluding hydrogens is 146 g/mol. The van der Waals surface area contributed by atoms with E-state index in [9.17, 15) is 0 Å². The standard InChI is InChI=1S/C11H15N/c1-8-4-5-9-6-7-10(9)11(8)12(2)3/h4-5H,6-7H2,1-3H3. The Balaban J connectivity index is 2.57. The summed E-state index contributed by atoms with van der Waals surface area (Å²) in [4.78, 5) is 2.23. The molecule has 0 fully saturated rings. The van der Waals surface area contributed by atoms with Crippen LogP contribution in [-0.4, -0.2) is 14.1 Å². The van der Waals surface area contributed by atoms with Crippen LogP contribution in [0.4, 0.5) is 5.69 Å². The molecular formula is C11H15N. The summed E-state index contributed by atoms with van der Waals surface area (Å²) in [6, 6.07) is 4.49. The van der Waals surface area contributed by atoms with Crippen LogP contribution in [-0.2, 0) is 12.8 Å². The molecule has 0 bridgehead atoms. The van der Waals surface area contributed by atoms with Gasteiger partial charge in [-0.15, -0.1) is 0 Å². The Morgan fingerprint density at radius 2 is 1.92 bits per heavy atom. The Bertz CT molecular complexity index is 313. The summed E-state index contributed by atoms with van der Waals surface area (Å²) in [7, 11) is 4.25. The highest BCUT2D eigenvalue weighted by molar-refractivity contribution is 5.64. The fraction of sp³-hybridized carbons (Fsp3) is 0.455. The highest BCUT2D eigenvalue weighted by atomic mass is 15.1. The first-order chi connectivity index (χ1) is 5.70. The maximum atomic E-state index is 2.27. The van der Waals surface area contributed by atoms with Crippen LogP contribution in [0.5, 0.6) is 0 Å². The quantitative estimate of drug-likeness (QED) is 0.610. The molecule has 0 amide bonds. The van der Waals surface area contributed by atoms with Crippen molar-refractivity contribution in [1.29, 1.82) is 0 Å². The third-order valence-corrected chi connectivity index (χ3v) is 2.67. The molecule has 1 nitrogen and oxygen atoms in total. The normalized spacial score (nSPS) is 13.6. The van der Waals surface area contributed by atoms with Crippen LogP contribution < -0.4 is 4.90 Å². The van der Waals surface area contributed by atoms with Crippen molar-refractivity contribution in [2.75, 3.05) is 19.0 Å². The van der Waals surface area contributed by atoms with Gasteiger partial charge < -0.3 is 4.90 Å². The molecule has 0 unspecified atom stereocenters. The van der Waals surface area contributed by atoms with Crippen LogP contribution in [0.2, 0.25) is 0 Å². The maximum Gasteiger partial charge on any atom is 0.0426 e. The molecule has 0 N–H and O–H groups in total. The summed E-state index contributed by atoms with van der Waals surface area (Å²) in [5.41, 5.74) is 5.96. The molecule has 1 aromatic rings. The summed E-state index contributed by atoms with van der Waals surface area (Å²) >= 11 is 0. The smallest absolute Gasteiger partial charge is 0.0426 e. The summed E-state index contributed by atoms with van der Waals surface area (Å²) < 4.78 is 0. The van der Waals surface area contributed by atoms with Gasteiger partial charge in [0.1, 0.15) is 0 Å². The molecule has 1 aliphatic rings. The van der Waals surface area contributed by atoms with E-state index >= 15 is 0 Å². The molecule has 0 radical (unpaired) electrons. The Morgan fingerprint density at radius 1 is 1.17 bits per heavy atom. The fourth-order valence-corrected chi connectivity index (χ4v) is 2.01. The Kier molecular flexibility index (Phi) is 1.60. The highest BCUT2D eigenvalue weighted by Gasteiger charge is 2.19. The monoisotopic (exact) mass is 161 g/mol. The van der Waals surface area contributed by atoms with Crippen molar-refractivity contribution in [3.8, 4) is 0 Å². The molecule has 0 atom stereocenters. The molecule has 0 aromatic heterocycles. The van der Waals surface area contributed by atoms with Gasteiger partial charge in [0.2, 0.25) is 0 Å². The first-order valence-electron chi connectivity index (χ1n) is 4.49. The van der Waals surface area contributed by atoms with Crippen molar-refractivity contribution in [3.05, 3.63) is 28.8 Å². The van der Waals surface area contributed by atoms with E-state index in [1.807, 2.05) is 0 Å². The van der Waals surface area contributed by atoms with Gasteiger partial charge in [-0.05, 0) is 36.5 Å². The van der Waals surface area contributed by atoms with Crippen molar-refractivity contribution in [1.82, 2.24) is 0 Å². The van der Waals surface area contributed by atoms with Crippen molar-refractivity contribution < 1.29 is 0 Å². The van der Waals surface area contributed by atoms with Gasteiger partial charge in [0.05, 0.1) is 0 Å². The summed E-state index contributed by atoms with van der Waals surface area (Å²) in [6.07, 6.45) is 2.54. The lowest BCUT2D eigenvalue weighted by molar-refractivity contribution is 0.828. The van der Waals surface area contributed by atoms with Gasteiger partial charge in [-0.25, -0.2) is 0 Å². The molecule has 1 aromatic carbocycles. The number of anilines is 1. The topological polar surface area (TPSA) is 3.24 Å². The van der Waals surface area contributed by atoms with Crippen molar-refractivity contribution in [2.24, 2.45) is 0 Å². The van der Waals surface area contributed by atoms with E-state index in [1.165, 1.54) is 24.1 Å². The number of fused-ring (bicyclic) bond motifs is 1. The van der Waals surface area contributed by atoms with E-state index in [0.717, 1.165) is 0 Å². The minimum atomic E-state index is 1.27. The molecule has 0 heterocycles. The van der Waals surface area contributed by atoms with Crippen LogP contribution in [0, 0.1) is 6.92 Å². The Hall–Kier alpha value is -0.980. The number of benzene rings is 1. The van der Waals surface area contributed by atoms with E-state index in [1.54, 1.807) is 11.1 Å². The Labute approximate surface area is 74.0 Å². The summed E-state index contributed by atoms with van der Waals surface area (Å²) in [5, 5.41) is 0. The summed E-state index contributed by atoms with van der Waals surface area (Å²) in [5.74, 6) is 0. The van der Waals surface area contributed by atoms with Gasteiger partial charge in [0, 0.05) is 19.8 Å². The second-order valence-electron chi connectivity index (χ2n) is 3.76. The average molecular weight is 161 g/mol. The van der Waals surface area contributed by atoms with Gasteiger partial charge in [0.25, 0.3) is 0 Å². The predicted molar refractivity (Wildman–Crippen MR) is 52.9 cm³/mol. The molecule has 0 aliphatic heterocycles. The fourth-order valence-electron chi connectivity index (χ4n) is 2.01. The molecule has 1 heteroatoms. The zero-order valence-corrected chi connectivity index (χ0v) is 8.02. The first kappa shape index (κ1) is 7.66. The van der Waals surface area contributed by atoms with E-state index in [2.05, 4.69) is 38.1 Å². The van der Waals surface area contributed by atoms with Crippen LogP contribution in [0.1, 0.15) is 16.7 Å². The van der Waals surface area contributed by atoms with Crippen molar-refractivity contribution in [3.63, 3.8) is 0 Å². The molecule has 0 spiro atoms. The number of aryl methyl sites for hydroxylation is 2. The second kappa shape index (κ2) is 2.51. The van der Waals surface area contributed by atoms with Crippen LogP contribution >= 0.6 is 0 Å². The maximum absolute atomic E-state index is 2.27. The van der Waals surface area contributed by atoms with Gasteiger partial charge in [-0.1, -0.05) is 12.1 Å². The van der Waals surface area contributed by atoms with Crippen LogP contribution in [0.25, 0.3) is 0 Å². The number of hydrogen-bond donors (Lipinski definition) is 0. The van der Waals surface area contributed by atoms with E-state index in [4.69, 9.17) is 0 Å². The predicted octanol–water partition coefficient (Wildman–Crippen LogP) is 2.16. The van der Waals surface area contributed by atoms with E-state index in [0.29, 0.717) is 0 Å². The third kappa shape index (κ3) is 0.927. The van der Waals surface area contributed by atoms with Gasteiger partial charge in [0.15, 0.2) is 0 Å². The average Bonchev–Trinajstić information content (AvgIpc) is 1.94. The van der Waals surface area contributed by atoms with E-state index in [-0.39, 0.29) is 0 Å². The van der Waals surface area contributed by atoms with Gasteiger partial charge in [-0.3, -0.25) is 0 Å². The van der Waals surface area contributed by atoms with E-state index < -0.39 is 0 Å². The minimum Gasteiger partial charge on any atom is -0.377 e. The zero-order chi connectivity index (χ0) is 8.72. The molecule has 12 heavy (non-hydrogen) atoms. The second-order valence-corrected chi connectivity index (χ2v) is 3.76. The van der Waals surface area contributed by atoms with Crippen molar-refractivity contribution >= 4 is 5.69 Å². The number of rotatable bonds is 1. The van der Waals surface area contributed by atoms with Gasteiger partial charge in [-0.2, -0.15) is 0 Å². The third-order valence-electron chi connectivity index (χ3n) is 2.67. The van der Waals surface area contributed by atoms with Crippen LogP contribution in [0.3, 0.4) is 0 Å². The molecule has 0 saturated carbocycles. The van der Waals surface area contributed by atoms with Crippen LogP contribution in [0.15, 0.2) is 12.1 Å². The Morgan fingerprint density at radius 3 is 2.33 bits per heavy atom.